The van der Waals surface area contributed by atoms with Crippen LogP contribution in [0.5, 0.6) is 0 Å². The molecule has 1 heterocycles. The average molecular weight is 223 g/mol. The summed E-state index contributed by atoms with van der Waals surface area (Å²) in [5.41, 5.74) is 2.14. The van der Waals surface area contributed by atoms with Crippen molar-refractivity contribution in [3.8, 4) is 0 Å². The van der Waals surface area contributed by atoms with Crippen molar-refractivity contribution in [3.63, 3.8) is 0 Å². The van der Waals surface area contributed by atoms with Gasteiger partial charge in [-0.3, -0.25) is 0 Å². The van der Waals surface area contributed by atoms with E-state index in [0.717, 1.165) is 10.9 Å². The Hall–Kier alpha value is -1.29. The lowest BCUT2D eigenvalue weighted by Crippen LogP contribution is -2.07. The molecule has 0 saturated carbocycles. The second-order valence-electron chi connectivity index (χ2n) is 3.90. The van der Waals surface area contributed by atoms with Crippen LogP contribution >= 0.6 is 0 Å². The molecule has 4 heteroatoms. The van der Waals surface area contributed by atoms with Crippen molar-refractivity contribution in [2.24, 2.45) is 0 Å². The van der Waals surface area contributed by atoms with Crippen molar-refractivity contribution in [2.75, 3.05) is 6.26 Å². The Morgan fingerprint density at radius 1 is 1.27 bits per heavy atom. The first kappa shape index (κ1) is 10.2. The molecule has 0 saturated heterocycles. The maximum Gasteiger partial charge on any atom is 0.165 e. The van der Waals surface area contributed by atoms with Crippen molar-refractivity contribution in [2.45, 2.75) is 12.8 Å². The summed E-state index contributed by atoms with van der Waals surface area (Å²) >= 11 is 0. The zero-order chi connectivity index (χ0) is 11.1. The molecule has 80 valence electrons. The van der Waals surface area contributed by atoms with Gasteiger partial charge in [-0.15, -0.1) is 0 Å². The summed E-state index contributed by atoms with van der Waals surface area (Å²) in [4.78, 5) is 0. The first-order chi connectivity index (χ1) is 6.96. The molecule has 0 atom stereocenters. The molecule has 0 aliphatic rings. The summed E-state index contributed by atoms with van der Waals surface area (Å²) in [5.74, 6) is 0.0412. The van der Waals surface area contributed by atoms with Crippen LogP contribution in [-0.2, 0) is 15.7 Å². The number of fused-ring (bicyclic) bond motifs is 1. The lowest BCUT2D eigenvalue weighted by atomic mass is 10.2. The van der Waals surface area contributed by atoms with Gasteiger partial charge in [-0.1, -0.05) is 11.6 Å². The van der Waals surface area contributed by atoms with Gasteiger partial charge in [-0.05, 0) is 30.5 Å². The third-order valence-electron chi connectivity index (χ3n) is 2.30. The molecule has 0 radical (unpaired) electrons. The summed E-state index contributed by atoms with van der Waals surface area (Å²) in [6.07, 6.45) is 3.05. The second kappa shape index (κ2) is 3.38. The van der Waals surface area contributed by atoms with Gasteiger partial charge in [0.25, 0.3) is 0 Å². The Morgan fingerprint density at radius 3 is 2.67 bits per heavy atom. The summed E-state index contributed by atoms with van der Waals surface area (Å²) in [6, 6.07) is 7.93. The third kappa shape index (κ3) is 2.21. The summed E-state index contributed by atoms with van der Waals surface area (Å²) in [5, 5.41) is 1.08. The highest BCUT2D eigenvalue weighted by atomic mass is 32.2. The molecule has 0 aliphatic carbocycles. The topological polar surface area (TPSA) is 39.1 Å². The number of aryl methyl sites for hydroxylation is 1. The van der Waals surface area contributed by atoms with Gasteiger partial charge in [-0.2, -0.15) is 0 Å². The van der Waals surface area contributed by atoms with Crippen LogP contribution < -0.4 is 0 Å². The Labute approximate surface area is 89.3 Å². The monoisotopic (exact) mass is 223 g/mol. The van der Waals surface area contributed by atoms with Gasteiger partial charge >= 0.3 is 0 Å². The first-order valence-electron chi connectivity index (χ1n) is 4.69. The van der Waals surface area contributed by atoms with Gasteiger partial charge in [0.05, 0.1) is 0 Å². The molecule has 0 aliphatic heterocycles. The maximum absolute atomic E-state index is 11.2. The zero-order valence-corrected chi connectivity index (χ0v) is 9.58. The van der Waals surface area contributed by atoms with Crippen molar-refractivity contribution in [1.29, 1.82) is 0 Å². The van der Waals surface area contributed by atoms with Crippen LogP contribution in [-0.4, -0.2) is 19.2 Å². The van der Waals surface area contributed by atoms with Gasteiger partial charge in [-0.25, -0.2) is 8.42 Å². The summed E-state index contributed by atoms with van der Waals surface area (Å²) in [6.45, 7) is 2.02. The van der Waals surface area contributed by atoms with E-state index in [9.17, 15) is 8.42 Å². The Balaban J connectivity index is 2.55. The van der Waals surface area contributed by atoms with Gasteiger partial charge in [0.2, 0.25) is 0 Å². The van der Waals surface area contributed by atoms with Gasteiger partial charge in [0, 0.05) is 18.0 Å². The summed E-state index contributed by atoms with van der Waals surface area (Å²) < 4.78 is 24.1. The molecule has 0 spiro atoms. The van der Waals surface area contributed by atoms with Gasteiger partial charge in [0.1, 0.15) is 5.88 Å². The van der Waals surface area contributed by atoms with E-state index in [1.807, 2.05) is 37.4 Å². The third-order valence-corrected chi connectivity index (χ3v) is 3.05. The SMILES string of the molecule is Cc1ccc2c(ccn2CS(C)(=O)=O)c1. The van der Waals surface area contributed by atoms with E-state index in [-0.39, 0.29) is 5.88 Å². The maximum atomic E-state index is 11.2. The molecule has 0 fully saturated rings. The van der Waals surface area contributed by atoms with E-state index in [1.54, 1.807) is 4.57 Å². The fourth-order valence-electron chi connectivity index (χ4n) is 1.68. The van der Waals surface area contributed by atoms with E-state index < -0.39 is 9.84 Å². The average Bonchev–Trinajstić information content (AvgIpc) is 2.45. The van der Waals surface area contributed by atoms with Crippen LogP contribution in [0.1, 0.15) is 5.56 Å². The van der Waals surface area contributed by atoms with E-state index in [2.05, 4.69) is 0 Å². The fourth-order valence-corrected chi connectivity index (χ4v) is 2.42. The van der Waals surface area contributed by atoms with Crippen molar-refractivity contribution in [1.82, 2.24) is 4.57 Å². The van der Waals surface area contributed by atoms with Gasteiger partial charge < -0.3 is 4.57 Å². The Morgan fingerprint density at radius 2 is 2.00 bits per heavy atom. The predicted molar refractivity (Wildman–Crippen MR) is 61.5 cm³/mol. The molecule has 0 unspecified atom stereocenters. The minimum Gasteiger partial charge on any atom is -0.333 e. The number of aromatic nitrogens is 1. The number of benzene rings is 1. The van der Waals surface area contributed by atoms with Crippen LogP contribution in [0.15, 0.2) is 30.5 Å². The minimum absolute atomic E-state index is 0.0412. The quantitative estimate of drug-likeness (QED) is 0.780. The molecule has 15 heavy (non-hydrogen) atoms. The van der Waals surface area contributed by atoms with Gasteiger partial charge in [0.15, 0.2) is 9.84 Å². The molecular weight excluding hydrogens is 210 g/mol. The highest BCUT2D eigenvalue weighted by molar-refractivity contribution is 7.89. The smallest absolute Gasteiger partial charge is 0.165 e. The number of sulfone groups is 1. The second-order valence-corrected chi connectivity index (χ2v) is 6.01. The van der Waals surface area contributed by atoms with E-state index >= 15 is 0 Å². The molecule has 3 nitrogen and oxygen atoms in total. The van der Waals surface area contributed by atoms with Crippen molar-refractivity contribution in [3.05, 3.63) is 36.0 Å². The molecule has 0 N–H and O–H groups in total. The van der Waals surface area contributed by atoms with Crippen LogP contribution in [0.4, 0.5) is 0 Å². The molecule has 1 aromatic carbocycles. The molecule has 0 bridgehead atoms. The standard InChI is InChI=1S/C11H13NO2S/c1-9-3-4-11-10(7-9)5-6-12(11)8-15(2,13)14/h3-7H,8H2,1-2H3. The van der Waals surface area contributed by atoms with E-state index in [1.165, 1.54) is 11.8 Å². The first-order valence-corrected chi connectivity index (χ1v) is 6.75. The molecule has 0 amide bonds. The van der Waals surface area contributed by atoms with Crippen LogP contribution in [0.25, 0.3) is 10.9 Å². The molecular formula is C11H13NO2S. The van der Waals surface area contributed by atoms with Crippen LogP contribution in [0.2, 0.25) is 0 Å². The highest BCUT2D eigenvalue weighted by Crippen LogP contribution is 2.17. The normalized spacial score (nSPS) is 12.1. The number of rotatable bonds is 2. The van der Waals surface area contributed by atoms with Crippen molar-refractivity contribution < 1.29 is 8.42 Å². The number of hydrogen-bond acceptors (Lipinski definition) is 2. The molecule has 1 aromatic heterocycles. The minimum atomic E-state index is -2.99. The fraction of sp³-hybridized carbons (Fsp3) is 0.273. The Kier molecular flexibility index (Phi) is 2.31. The van der Waals surface area contributed by atoms with E-state index in [4.69, 9.17) is 0 Å². The lowest BCUT2D eigenvalue weighted by molar-refractivity contribution is 0.592. The van der Waals surface area contributed by atoms with E-state index in [0.29, 0.717) is 0 Å². The highest BCUT2D eigenvalue weighted by Gasteiger charge is 2.06. The largest absolute Gasteiger partial charge is 0.333 e. The number of hydrogen-bond donors (Lipinski definition) is 0. The van der Waals surface area contributed by atoms with Crippen LogP contribution in [0, 0.1) is 6.92 Å². The van der Waals surface area contributed by atoms with Crippen LogP contribution in [0.3, 0.4) is 0 Å². The molecule has 2 rings (SSSR count). The number of nitrogens with zero attached hydrogens (tertiary/aromatic N) is 1. The zero-order valence-electron chi connectivity index (χ0n) is 8.77. The molecule has 2 aromatic rings. The van der Waals surface area contributed by atoms with Crippen molar-refractivity contribution >= 4 is 20.7 Å². The lowest BCUT2D eigenvalue weighted by Gasteiger charge is -2.03. The predicted octanol–water partition coefficient (Wildman–Crippen LogP) is 1.95. The summed E-state index contributed by atoms with van der Waals surface area (Å²) in [7, 11) is -2.99. The Bertz CT molecular complexity index is 596.